The SMILES string of the molecule is O=C(NC1CNC[C@H]1c1ccc(Cl)c(Cl)c1)c1ccc(Cl)cc1. The molecule has 1 amide bonds. The Morgan fingerprint density at radius 2 is 1.74 bits per heavy atom. The van der Waals surface area contributed by atoms with Gasteiger partial charge < -0.3 is 10.6 Å². The molecule has 1 saturated heterocycles. The lowest BCUT2D eigenvalue weighted by Crippen LogP contribution is -2.39. The van der Waals surface area contributed by atoms with Crippen molar-refractivity contribution in [2.75, 3.05) is 13.1 Å². The van der Waals surface area contributed by atoms with Gasteiger partial charge in [-0.25, -0.2) is 0 Å². The van der Waals surface area contributed by atoms with Gasteiger partial charge in [0.15, 0.2) is 0 Å². The van der Waals surface area contributed by atoms with Crippen molar-refractivity contribution in [1.82, 2.24) is 10.6 Å². The number of rotatable bonds is 3. The molecule has 0 radical (unpaired) electrons. The molecule has 2 atom stereocenters. The van der Waals surface area contributed by atoms with Gasteiger partial charge in [-0.3, -0.25) is 4.79 Å². The number of carbonyl (C=O) groups excluding carboxylic acids is 1. The van der Waals surface area contributed by atoms with Crippen LogP contribution in [0.4, 0.5) is 0 Å². The molecule has 3 nitrogen and oxygen atoms in total. The molecule has 2 aromatic carbocycles. The van der Waals surface area contributed by atoms with Crippen molar-refractivity contribution in [2.45, 2.75) is 12.0 Å². The minimum atomic E-state index is -0.111. The summed E-state index contributed by atoms with van der Waals surface area (Å²) in [5.74, 6) is 0.0430. The van der Waals surface area contributed by atoms with Crippen LogP contribution in [0.25, 0.3) is 0 Å². The minimum Gasteiger partial charge on any atom is -0.347 e. The first-order valence-electron chi connectivity index (χ1n) is 7.26. The van der Waals surface area contributed by atoms with Gasteiger partial charge in [-0.1, -0.05) is 40.9 Å². The Bertz CT molecular complexity index is 718. The second-order valence-corrected chi connectivity index (χ2v) is 6.78. The Balaban J connectivity index is 1.75. The molecule has 1 unspecified atom stereocenters. The highest BCUT2D eigenvalue weighted by Gasteiger charge is 2.30. The van der Waals surface area contributed by atoms with Crippen molar-refractivity contribution in [3.05, 3.63) is 68.7 Å². The van der Waals surface area contributed by atoms with E-state index in [0.29, 0.717) is 27.2 Å². The number of nitrogens with one attached hydrogen (secondary N) is 2. The number of hydrogen-bond acceptors (Lipinski definition) is 2. The summed E-state index contributed by atoms with van der Waals surface area (Å²) in [5, 5.41) is 8.05. The summed E-state index contributed by atoms with van der Waals surface area (Å²) in [7, 11) is 0. The third-order valence-electron chi connectivity index (χ3n) is 4.01. The fourth-order valence-electron chi connectivity index (χ4n) is 2.78. The average Bonchev–Trinajstić information content (AvgIpc) is 2.99. The summed E-state index contributed by atoms with van der Waals surface area (Å²) in [6, 6.07) is 12.4. The van der Waals surface area contributed by atoms with Gasteiger partial charge in [-0.15, -0.1) is 0 Å². The molecule has 1 aliphatic rings. The summed E-state index contributed by atoms with van der Waals surface area (Å²) < 4.78 is 0. The normalized spacial score (nSPS) is 20.5. The van der Waals surface area contributed by atoms with Crippen LogP contribution in [-0.2, 0) is 0 Å². The Hall–Kier alpha value is -1.26. The van der Waals surface area contributed by atoms with Gasteiger partial charge in [0.2, 0.25) is 0 Å². The first kappa shape index (κ1) is 16.6. The van der Waals surface area contributed by atoms with Gasteiger partial charge in [0.25, 0.3) is 5.91 Å². The van der Waals surface area contributed by atoms with Crippen LogP contribution in [0.3, 0.4) is 0 Å². The van der Waals surface area contributed by atoms with E-state index in [4.69, 9.17) is 34.8 Å². The van der Waals surface area contributed by atoms with Crippen LogP contribution in [-0.4, -0.2) is 25.0 Å². The number of hydrogen-bond donors (Lipinski definition) is 2. The number of amides is 1. The Morgan fingerprint density at radius 1 is 1.00 bits per heavy atom. The Morgan fingerprint density at radius 3 is 2.43 bits per heavy atom. The molecule has 1 fully saturated rings. The van der Waals surface area contributed by atoms with E-state index in [9.17, 15) is 4.79 Å². The van der Waals surface area contributed by atoms with E-state index in [1.807, 2.05) is 12.1 Å². The lowest BCUT2D eigenvalue weighted by molar-refractivity contribution is 0.0937. The highest BCUT2D eigenvalue weighted by Crippen LogP contribution is 2.29. The van der Waals surface area contributed by atoms with E-state index in [1.165, 1.54) is 0 Å². The second kappa shape index (κ2) is 7.10. The average molecular weight is 370 g/mol. The monoisotopic (exact) mass is 368 g/mol. The highest BCUT2D eigenvalue weighted by atomic mass is 35.5. The second-order valence-electron chi connectivity index (χ2n) is 5.53. The van der Waals surface area contributed by atoms with Crippen LogP contribution in [0, 0.1) is 0 Å². The molecule has 0 spiro atoms. The van der Waals surface area contributed by atoms with Gasteiger partial charge >= 0.3 is 0 Å². The molecule has 0 bridgehead atoms. The predicted molar refractivity (Wildman–Crippen MR) is 94.8 cm³/mol. The van der Waals surface area contributed by atoms with E-state index >= 15 is 0 Å². The summed E-state index contributed by atoms with van der Waals surface area (Å²) in [5.41, 5.74) is 1.65. The summed E-state index contributed by atoms with van der Waals surface area (Å²) in [6.45, 7) is 1.49. The van der Waals surface area contributed by atoms with E-state index in [2.05, 4.69) is 10.6 Å². The summed E-state index contributed by atoms with van der Waals surface area (Å²) in [6.07, 6.45) is 0. The molecule has 3 rings (SSSR count). The molecular formula is C17H15Cl3N2O. The number of halogens is 3. The largest absolute Gasteiger partial charge is 0.347 e. The molecule has 2 N–H and O–H groups in total. The molecule has 6 heteroatoms. The quantitative estimate of drug-likeness (QED) is 0.854. The maximum atomic E-state index is 12.4. The Labute approximate surface area is 149 Å². The van der Waals surface area contributed by atoms with Gasteiger partial charge in [0.1, 0.15) is 0 Å². The molecule has 1 heterocycles. The van der Waals surface area contributed by atoms with E-state index < -0.39 is 0 Å². The van der Waals surface area contributed by atoms with Gasteiger partial charge in [0.05, 0.1) is 10.0 Å². The fraction of sp³-hybridized carbons (Fsp3) is 0.235. The van der Waals surface area contributed by atoms with Crippen molar-refractivity contribution in [3.8, 4) is 0 Å². The smallest absolute Gasteiger partial charge is 0.251 e. The minimum absolute atomic E-state index is 0.00424. The maximum absolute atomic E-state index is 12.4. The first-order chi connectivity index (χ1) is 11.0. The summed E-state index contributed by atoms with van der Waals surface area (Å²) >= 11 is 17.9. The fourth-order valence-corrected chi connectivity index (χ4v) is 3.21. The van der Waals surface area contributed by atoms with Crippen molar-refractivity contribution >= 4 is 40.7 Å². The molecule has 2 aromatic rings. The molecule has 0 aromatic heterocycles. The Kier molecular flexibility index (Phi) is 5.12. The summed E-state index contributed by atoms with van der Waals surface area (Å²) in [4.78, 5) is 12.4. The standard InChI is InChI=1S/C17H15Cl3N2O/c18-12-4-1-10(2-5-12)17(23)22-16-9-21-8-13(16)11-3-6-14(19)15(20)7-11/h1-7,13,16,21H,8-9H2,(H,22,23)/t13-,16?/m0/s1. The first-order valence-corrected chi connectivity index (χ1v) is 8.40. The molecule has 120 valence electrons. The highest BCUT2D eigenvalue weighted by molar-refractivity contribution is 6.42. The van der Waals surface area contributed by atoms with Crippen LogP contribution >= 0.6 is 34.8 Å². The van der Waals surface area contributed by atoms with Gasteiger partial charge in [0, 0.05) is 35.6 Å². The third-order valence-corrected chi connectivity index (χ3v) is 5.00. The van der Waals surface area contributed by atoms with Crippen molar-refractivity contribution in [2.24, 2.45) is 0 Å². The zero-order valence-corrected chi connectivity index (χ0v) is 14.4. The van der Waals surface area contributed by atoms with E-state index in [1.54, 1.807) is 30.3 Å². The third kappa shape index (κ3) is 3.81. The van der Waals surface area contributed by atoms with Gasteiger partial charge in [-0.2, -0.15) is 0 Å². The lowest BCUT2D eigenvalue weighted by atomic mass is 9.94. The van der Waals surface area contributed by atoms with Crippen LogP contribution in [0.2, 0.25) is 15.1 Å². The predicted octanol–water partition coefficient (Wildman–Crippen LogP) is 4.13. The molecule has 0 saturated carbocycles. The van der Waals surface area contributed by atoms with E-state index in [0.717, 1.165) is 12.1 Å². The van der Waals surface area contributed by atoms with E-state index in [-0.39, 0.29) is 17.9 Å². The number of carbonyl (C=O) groups is 1. The van der Waals surface area contributed by atoms with Crippen molar-refractivity contribution in [3.63, 3.8) is 0 Å². The van der Waals surface area contributed by atoms with Crippen LogP contribution in [0.1, 0.15) is 21.8 Å². The maximum Gasteiger partial charge on any atom is 0.251 e. The van der Waals surface area contributed by atoms with Crippen molar-refractivity contribution < 1.29 is 4.79 Å². The van der Waals surface area contributed by atoms with Crippen LogP contribution < -0.4 is 10.6 Å². The van der Waals surface area contributed by atoms with Gasteiger partial charge in [-0.05, 0) is 42.0 Å². The zero-order chi connectivity index (χ0) is 16.4. The van der Waals surface area contributed by atoms with Crippen LogP contribution in [0.15, 0.2) is 42.5 Å². The van der Waals surface area contributed by atoms with Crippen LogP contribution in [0.5, 0.6) is 0 Å². The number of benzene rings is 2. The molecule has 1 aliphatic heterocycles. The zero-order valence-electron chi connectivity index (χ0n) is 12.2. The molecule has 0 aliphatic carbocycles. The molecule has 23 heavy (non-hydrogen) atoms. The topological polar surface area (TPSA) is 41.1 Å². The lowest BCUT2D eigenvalue weighted by Gasteiger charge is -2.21. The van der Waals surface area contributed by atoms with Crippen molar-refractivity contribution in [1.29, 1.82) is 0 Å². The molecular weight excluding hydrogens is 355 g/mol.